The van der Waals surface area contributed by atoms with Crippen LogP contribution >= 0.6 is 15.9 Å². The van der Waals surface area contributed by atoms with Gasteiger partial charge >= 0.3 is 0 Å². The normalized spacial score (nSPS) is 13.1. The first-order valence-electron chi connectivity index (χ1n) is 4.04. The third-order valence-corrected chi connectivity index (χ3v) is 3.00. The number of rotatable bonds is 1. The molecule has 0 aromatic heterocycles. The van der Waals surface area contributed by atoms with E-state index in [-0.39, 0.29) is 6.04 Å². The molecule has 1 rings (SSSR count). The molecule has 0 aliphatic heterocycles. The first kappa shape index (κ1) is 9.75. The van der Waals surface area contributed by atoms with E-state index < -0.39 is 0 Å². The van der Waals surface area contributed by atoms with Crippen molar-refractivity contribution in [2.24, 2.45) is 5.73 Å². The fourth-order valence-corrected chi connectivity index (χ4v) is 1.90. The lowest BCUT2D eigenvalue weighted by atomic mass is 10.0. The Labute approximate surface area is 82.1 Å². The highest BCUT2D eigenvalue weighted by molar-refractivity contribution is 9.10. The number of hydrogen-bond acceptors (Lipinski definition) is 1. The monoisotopic (exact) mass is 227 g/mol. The van der Waals surface area contributed by atoms with E-state index >= 15 is 0 Å². The summed E-state index contributed by atoms with van der Waals surface area (Å²) in [6.07, 6.45) is 0. The summed E-state index contributed by atoms with van der Waals surface area (Å²) in [5.74, 6) is 0. The summed E-state index contributed by atoms with van der Waals surface area (Å²) < 4.78 is 1.14. The van der Waals surface area contributed by atoms with Gasteiger partial charge in [-0.2, -0.15) is 0 Å². The minimum atomic E-state index is 0.0953. The molecule has 2 heteroatoms. The van der Waals surface area contributed by atoms with E-state index in [2.05, 4.69) is 41.9 Å². The molecule has 0 bridgehead atoms. The number of hydrogen-bond donors (Lipinski definition) is 1. The van der Waals surface area contributed by atoms with E-state index in [1.54, 1.807) is 0 Å². The lowest BCUT2D eigenvalue weighted by molar-refractivity contribution is 0.810. The van der Waals surface area contributed by atoms with Crippen LogP contribution < -0.4 is 5.73 Å². The molecule has 12 heavy (non-hydrogen) atoms. The van der Waals surface area contributed by atoms with Gasteiger partial charge in [0.25, 0.3) is 0 Å². The molecule has 1 aromatic carbocycles. The Morgan fingerprint density at radius 3 is 2.42 bits per heavy atom. The van der Waals surface area contributed by atoms with Crippen LogP contribution in [-0.4, -0.2) is 0 Å². The van der Waals surface area contributed by atoms with Gasteiger partial charge in [-0.15, -0.1) is 0 Å². The lowest BCUT2D eigenvalue weighted by Crippen LogP contribution is -2.06. The van der Waals surface area contributed by atoms with Gasteiger partial charge in [-0.3, -0.25) is 0 Å². The summed E-state index contributed by atoms with van der Waals surface area (Å²) in [6.45, 7) is 6.17. The molecular formula is C10H14BrN. The zero-order valence-corrected chi connectivity index (χ0v) is 9.27. The van der Waals surface area contributed by atoms with Gasteiger partial charge in [0.1, 0.15) is 0 Å². The van der Waals surface area contributed by atoms with Crippen LogP contribution in [0.4, 0.5) is 0 Å². The Morgan fingerprint density at radius 1 is 1.33 bits per heavy atom. The Morgan fingerprint density at radius 2 is 1.92 bits per heavy atom. The smallest absolute Gasteiger partial charge is 0.0277 e. The zero-order chi connectivity index (χ0) is 9.30. The Kier molecular flexibility index (Phi) is 2.91. The van der Waals surface area contributed by atoms with Crippen molar-refractivity contribution in [1.82, 2.24) is 0 Å². The molecule has 0 amide bonds. The van der Waals surface area contributed by atoms with E-state index in [0.29, 0.717) is 0 Å². The SMILES string of the molecule is Cc1cc(C)c(Br)c(C(C)N)c1. The van der Waals surface area contributed by atoms with Crippen LogP contribution in [0.3, 0.4) is 0 Å². The summed E-state index contributed by atoms with van der Waals surface area (Å²) in [5.41, 5.74) is 9.53. The molecule has 66 valence electrons. The van der Waals surface area contributed by atoms with Crippen LogP contribution in [0.25, 0.3) is 0 Å². The van der Waals surface area contributed by atoms with Gasteiger partial charge in [-0.1, -0.05) is 33.6 Å². The molecule has 0 spiro atoms. The average molecular weight is 228 g/mol. The third kappa shape index (κ3) is 1.87. The van der Waals surface area contributed by atoms with Crippen molar-refractivity contribution in [2.45, 2.75) is 26.8 Å². The maximum atomic E-state index is 5.82. The van der Waals surface area contributed by atoms with Crippen LogP contribution in [0.2, 0.25) is 0 Å². The predicted molar refractivity (Wildman–Crippen MR) is 56.2 cm³/mol. The maximum absolute atomic E-state index is 5.82. The second-order valence-corrected chi connectivity index (χ2v) is 4.07. The molecule has 1 nitrogen and oxygen atoms in total. The quantitative estimate of drug-likeness (QED) is 0.785. The van der Waals surface area contributed by atoms with Gasteiger partial charge in [0.2, 0.25) is 0 Å². The number of halogens is 1. The summed E-state index contributed by atoms with van der Waals surface area (Å²) in [7, 11) is 0. The number of nitrogens with two attached hydrogens (primary N) is 1. The first-order chi connectivity index (χ1) is 5.52. The number of benzene rings is 1. The van der Waals surface area contributed by atoms with Crippen molar-refractivity contribution < 1.29 is 0 Å². The second-order valence-electron chi connectivity index (χ2n) is 3.27. The summed E-state index contributed by atoms with van der Waals surface area (Å²) in [6, 6.07) is 4.37. The third-order valence-electron chi connectivity index (χ3n) is 1.92. The van der Waals surface area contributed by atoms with Crippen molar-refractivity contribution >= 4 is 15.9 Å². The van der Waals surface area contributed by atoms with Gasteiger partial charge in [-0.05, 0) is 31.9 Å². The fourth-order valence-electron chi connectivity index (χ4n) is 1.31. The van der Waals surface area contributed by atoms with Gasteiger partial charge in [0.05, 0.1) is 0 Å². The Hall–Kier alpha value is -0.340. The van der Waals surface area contributed by atoms with Crippen molar-refractivity contribution in [3.8, 4) is 0 Å². The first-order valence-corrected chi connectivity index (χ1v) is 4.84. The maximum Gasteiger partial charge on any atom is 0.0277 e. The molecule has 1 aromatic rings. The van der Waals surface area contributed by atoms with Crippen LogP contribution in [0.1, 0.15) is 29.7 Å². The van der Waals surface area contributed by atoms with Crippen LogP contribution in [0, 0.1) is 13.8 Å². The zero-order valence-electron chi connectivity index (χ0n) is 7.69. The van der Waals surface area contributed by atoms with E-state index in [0.717, 1.165) is 4.47 Å². The van der Waals surface area contributed by atoms with Crippen molar-refractivity contribution in [1.29, 1.82) is 0 Å². The van der Waals surface area contributed by atoms with Crippen LogP contribution in [0.15, 0.2) is 16.6 Å². The summed E-state index contributed by atoms with van der Waals surface area (Å²) in [4.78, 5) is 0. The van der Waals surface area contributed by atoms with E-state index in [1.165, 1.54) is 16.7 Å². The minimum absolute atomic E-state index is 0.0953. The molecule has 2 N–H and O–H groups in total. The highest BCUT2D eigenvalue weighted by Gasteiger charge is 2.07. The molecule has 1 atom stereocenters. The fraction of sp³-hybridized carbons (Fsp3) is 0.400. The summed E-state index contributed by atoms with van der Waals surface area (Å²) in [5, 5.41) is 0. The largest absolute Gasteiger partial charge is 0.324 e. The summed E-state index contributed by atoms with van der Waals surface area (Å²) >= 11 is 3.53. The molecule has 0 fully saturated rings. The molecule has 0 saturated heterocycles. The Bertz CT molecular complexity index is 292. The highest BCUT2D eigenvalue weighted by Crippen LogP contribution is 2.26. The van der Waals surface area contributed by atoms with Crippen molar-refractivity contribution in [3.05, 3.63) is 33.3 Å². The lowest BCUT2D eigenvalue weighted by Gasteiger charge is -2.11. The predicted octanol–water partition coefficient (Wildman–Crippen LogP) is 3.09. The Balaban J connectivity index is 3.28. The molecule has 0 aliphatic carbocycles. The van der Waals surface area contributed by atoms with E-state index in [9.17, 15) is 0 Å². The van der Waals surface area contributed by atoms with Gasteiger partial charge < -0.3 is 5.73 Å². The van der Waals surface area contributed by atoms with Gasteiger partial charge in [-0.25, -0.2) is 0 Å². The molecule has 0 radical (unpaired) electrons. The van der Waals surface area contributed by atoms with Gasteiger partial charge in [0.15, 0.2) is 0 Å². The topological polar surface area (TPSA) is 26.0 Å². The molecular weight excluding hydrogens is 214 g/mol. The molecule has 1 unspecified atom stereocenters. The van der Waals surface area contributed by atoms with Crippen LogP contribution in [-0.2, 0) is 0 Å². The van der Waals surface area contributed by atoms with Crippen LogP contribution in [0.5, 0.6) is 0 Å². The number of aryl methyl sites for hydroxylation is 2. The second kappa shape index (κ2) is 3.58. The van der Waals surface area contributed by atoms with E-state index in [4.69, 9.17) is 5.73 Å². The minimum Gasteiger partial charge on any atom is -0.324 e. The molecule has 0 aliphatic rings. The molecule has 0 saturated carbocycles. The molecule has 0 heterocycles. The highest BCUT2D eigenvalue weighted by atomic mass is 79.9. The van der Waals surface area contributed by atoms with Gasteiger partial charge in [0, 0.05) is 10.5 Å². The van der Waals surface area contributed by atoms with Crippen molar-refractivity contribution in [3.63, 3.8) is 0 Å². The van der Waals surface area contributed by atoms with E-state index in [1.807, 2.05) is 6.92 Å². The average Bonchev–Trinajstić information content (AvgIpc) is 1.96. The van der Waals surface area contributed by atoms with Crippen molar-refractivity contribution in [2.75, 3.05) is 0 Å². The standard InChI is InChI=1S/C10H14BrN/c1-6-4-7(2)10(11)9(5-6)8(3)12/h4-5,8H,12H2,1-3H3.